The van der Waals surface area contributed by atoms with Gasteiger partial charge >= 0.3 is 0 Å². The number of amides is 2. The number of anilines is 1. The lowest BCUT2D eigenvalue weighted by Crippen LogP contribution is -2.51. The molecule has 6 heteroatoms. The molecule has 32 heavy (non-hydrogen) atoms. The van der Waals surface area contributed by atoms with Gasteiger partial charge in [-0.1, -0.05) is 36.7 Å². The topological polar surface area (TPSA) is 40.6 Å². The van der Waals surface area contributed by atoms with Crippen molar-refractivity contribution in [3.05, 3.63) is 69.1 Å². The third kappa shape index (κ3) is 4.33. The van der Waals surface area contributed by atoms with Gasteiger partial charge in [-0.2, -0.15) is 0 Å². The van der Waals surface area contributed by atoms with E-state index < -0.39 is 0 Å². The van der Waals surface area contributed by atoms with Crippen molar-refractivity contribution in [2.75, 3.05) is 4.90 Å². The molecule has 1 saturated heterocycles. The van der Waals surface area contributed by atoms with Gasteiger partial charge in [-0.05, 0) is 98.8 Å². The molecule has 4 nitrogen and oxygen atoms in total. The van der Waals surface area contributed by atoms with Crippen molar-refractivity contribution in [2.45, 2.75) is 65.1 Å². The highest BCUT2D eigenvalue weighted by molar-refractivity contribution is 8.18. The van der Waals surface area contributed by atoms with Crippen molar-refractivity contribution >= 4 is 46.3 Å². The maximum Gasteiger partial charge on any atom is 0.293 e. The second-order valence-corrected chi connectivity index (χ2v) is 11.0. The molecule has 0 radical (unpaired) electrons. The van der Waals surface area contributed by atoms with Crippen LogP contribution >= 0.6 is 23.4 Å². The molecular formula is C26H29ClN2O2S. The minimum absolute atomic E-state index is 0.0897. The lowest BCUT2D eigenvalue weighted by Gasteiger charge is -2.50. The summed E-state index contributed by atoms with van der Waals surface area (Å²) in [5, 5.41) is 0.388. The Morgan fingerprint density at radius 1 is 1.16 bits per heavy atom. The van der Waals surface area contributed by atoms with Crippen molar-refractivity contribution in [1.82, 2.24) is 4.90 Å². The third-order valence-corrected chi connectivity index (χ3v) is 7.40. The number of fused-ring (bicyclic) bond motifs is 1. The van der Waals surface area contributed by atoms with E-state index in [1.807, 2.05) is 18.2 Å². The molecule has 2 aromatic carbocycles. The van der Waals surface area contributed by atoms with E-state index in [-0.39, 0.29) is 23.2 Å². The zero-order chi connectivity index (χ0) is 23.2. The second kappa shape index (κ2) is 8.60. The first kappa shape index (κ1) is 22.9. The second-order valence-electron chi connectivity index (χ2n) is 9.59. The molecule has 0 aromatic heterocycles. The van der Waals surface area contributed by atoms with E-state index in [0.29, 0.717) is 21.9 Å². The summed E-state index contributed by atoms with van der Waals surface area (Å²) in [6.07, 6.45) is 2.92. The summed E-state index contributed by atoms with van der Waals surface area (Å²) in [5.41, 5.74) is 4.48. The number of hydrogen-bond donors (Lipinski definition) is 0. The van der Waals surface area contributed by atoms with E-state index >= 15 is 0 Å². The number of hydrogen-bond acceptors (Lipinski definition) is 4. The maximum atomic E-state index is 13.0. The monoisotopic (exact) mass is 468 g/mol. The van der Waals surface area contributed by atoms with Crippen LogP contribution in [0.25, 0.3) is 6.08 Å². The van der Waals surface area contributed by atoms with Crippen LogP contribution in [0.3, 0.4) is 0 Å². The fraction of sp³-hybridized carbons (Fsp3) is 0.385. The number of rotatable bonds is 4. The van der Waals surface area contributed by atoms with E-state index in [4.69, 9.17) is 11.6 Å². The summed E-state index contributed by atoms with van der Waals surface area (Å²) in [7, 11) is 0. The van der Waals surface area contributed by atoms with Gasteiger partial charge in [0, 0.05) is 22.3 Å². The number of imide groups is 1. The lowest BCUT2D eigenvalue weighted by molar-refractivity contribution is -0.123. The van der Waals surface area contributed by atoms with Crippen LogP contribution in [0, 0.1) is 0 Å². The molecule has 0 saturated carbocycles. The minimum Gasteiger partial charge on any atom is -0.364 e. The van der Waals surface area contributed by atoms with Gasteiger partial charge < -0.3 is 4.90 Å². The highest BCUT2D eigenvalue weighted by Crippen LogP contribution is 2.45. The van der Waals surface area contributed by atoms with Crippen molar-refractivity contribution in [2.24, 2.45) is 0 Å². The van der Waals surface area contributed by atoms with Crippen LogP contribution in [-0.2, 0) is 11.3 Å². The molecule has 2 aromatic rings. The molecular weight excluding hydrogens is 440 g/mol. The molecule has 2 aliphatic rings. The van der Waals surface area contributed by atoms with E-state index in [2.05, 4.69) is 57.7 Å². The Kier molecular flexibility index (Phi) is 6.17. The van der Waals surface area contributed by atoms with E-state index in [1.54, 1.807) is 12.1 Å². The zero-order valence-electron chi connectivity index (χ0n) is 19.2. The van der Waals surface area contributed by atoms with Gasteiger partial charge in [-0.15, -0.1) is 0 Å². The molecule has 2 amide bonds. The third-order valence-electron chi connectivity index (χ3n) is 6.24. The number of carbonyl (C=O) groups is 2. The summed E-state index contributed by atoms with van der Waals surface area (Å²) < 4.78 is 0. The predicted molar refractivity (Wildman–Crippen MR) is 134 cm³/mol. The Hall–Kier alpha value is -2.24. The van der Waals surface area contributed by atoms with Crippen LogP contribution in [0.2, 0.25) is 5.02 Å². The number of benzene rings is 2. The molecule has 0 spiro atoms. The van der Waals surface area contributed by atoms with Gasteiger partial charge in [-0.25, -0.2) is 0 Å². The Morgan fingerprint density at radius 2 is 1.84 bits per heavy atom. The normalized spacial score (nSPS) is 21.6. The molecule has 2 aliphatic heterocycles. The van der Waals surface area contributed by atoms with Crippen LogP contribution in [0.15, 0.2) is 47.4 Å². The molecule has 0 aliphatic carbocycles. The van der Waals surface area contributed by atoms with Crippen LogP contribution in [-0.4, -0.2) is 27.6 Å². The smallest absolute Gasteiger partial charge is 0.293 e. The molecule has 1 atom stereocenters. The van der Waals surface area contributed by atoms with Crippen LogP contribution < -0.4 is 4.90 Å². The van der Waals surface area contributed by atoms with Crippen LogP contribution in [0.5, 0.6) is 0 Å². The van der Waals surface area contributed by atoms with Gasteiger partial charge in [-0.3, -0.25) is 14.5 Å². The first-order valence-electron chi connectivity index (χ1n) is 11.0. The summed E-state index contributed by atoms with van der Waals surface area (Å²) in [4.78, 5) is 29.7. The average molecular weight is 469 g/mol. The number of thioether (sulfide) groups is 1. The van der Waals surface area contributed by atoms with Gasteiger partial charge in [0.25, 0.3) is 11.1 Å². The lowest BCUT2D eigenvalue weighted by atomic mass is 9.79. The van der Waals surface area contributed by atoms with Gasteiger partial charge in [0.1, 0.15) is 0 Å². The fourth-order valence-electron chi connectivity index (χ4n) is 5.10. The number of carbonyl (C=O) groups excluding carboxylic acids is 2. The number of nitrogens with zero attached hydrogens (tertiary/aromatic N) is 2. The molecule has 4 rings (SSSR count). The van der Waals surface area contributed by atoms with Crippen LogP contribution in [0.4, 0.5) is 10.5 Å². The van der Waals surface area contributed by atoms with Gasteiger partial charge in [0.15, 0.2) is 0 Å². The quantitative estimate of drug-likeness (QED) is 0.449. The van der Waals surface area contributed by atoms with Crippen molar-refractivity contribution < 1.29 is 9.59 Å². The summed E-state index contributed by atoms with van der Waals surface area (Å²) >= 11 is 6.94. The molecule has 0 bridgehead atoms. The molecule has 168 valence electrons. The fourth-order valence-corrected chi connectivity index (χ4v) is 6.06. The SMILES string of the molecule is CC1CC(C)(C)N(C(C)C)c2ccc(/C=C3\SC(=O)N(Cc4ccc(Cl)cc4)C3=O)cc21. The largest absolute Gasteiger partial charge is 0.364 e. The van der Waals surface area contributed by atoms with Crippen molar-refractivity contribution in [3.63, 3.8) is 0 Å². The average Bonchev–Trinajstić information content (AvgIpc) is 2.96. The van der Waals surface area contributed by atoms with Crippen molar-refractivity contribution in [3.8, 4) is 0 Å². The summed E-state index contributed by atoms with van der Waals surface area (Å²) in [6.45, 7) is 11.6. The Bertz CT molecular complexity index is 1090. The predicted octanol–water partition coefficient (Wildman–Crippen LogP) is 7.08. The molecule has 0 N–H and O–H groups in total. The highest BCUT2D eigenvalue weighted by atomic mass is 35.5. The summed E-state index contributed by atoms with van der Waals surface area (Å²) in [6, 6.07) is 14.0. The summed E-state index contributed by atoms with van der Waals surface area (Å²) in [5.74, 6) is 0.175. The first-order valence-corrected chi connectivity index (χ1v) is 12.2. The standard InChI is InChI=1S/C26H29ClN2O2S/c1-16(2)29-22-11-8-19(12-21(22)17(3)14-26(29,4)5)13-23-24(30)28(25(31)32-23)15-18-6-9-20(27)10-7-18/h6-13,16-17H,14-15H2,1-5H3/b23-13-. The highest BCUT2D eigenvalue weighted by Gasteiger charge is 2.38. The van der Waals surface area contributed by atoms with E-state index in [0.717, 1.165) is 29.3 Å². The number of halogens is 1. The zero-order valence-corrected chi connectivity index (χ0v) is 20.8. The maximum absolute atomic E-state index is 13.0. The Labute approximate surface area is 199 Å². The first-order chi connectivity index (χ1) is 15.1. The molecule has 1 unspecified atom stereocenters. The Balaban J connectivity index is 1.61. The van der Waals surface area contributed by atoms with Crippen molar-refractivity contribution in [1.29, 1.82) is 0 Å². The molecule has 1 fully saturated rings. The van der Waals surface area contributed by atoms with Crippen LogP contribution in [0.1, 0.15) is 63.6 Å². The van der Waals surface area contributed by atoms with E-state index in [1.165, 1.54) is 16.2 Å². The molecule has 2 heterocycles. The minimum atomic E-state index is -0.245. The van der Waals surface area contributed by atoms with E-state index in [9.17, 15) is 9.59 Å². The van der Waals surface area contributed by atoms with Gasteiger partial charge in [0.2, 0.25) is 0 Å². The van der Waals surface area contributed by atoms with Gasteiger partial charge in [0.05, 0.1) is 11.4 Å². The Morgan fingerprint density at radius 3 is 2.50 bits per heavy atom.